The Morgan fingerprint density at radius 2 is 1.93 bits per heavy atom. The summed E-state index contributed by atoms with van der Waals surface area (Å²) in [4.78, 5) is 31.6. The van der Waals surface area contributed by atoms with Crippen molar-refractivity contribution < 1.29 is 24.2 Å². The van der Waals surface area contributed by atoms with Crippen molar-refractivity contribution in [3.63, 3.8) is 0 Å². The van der Waals surface area contributed by atoms with Crippen molar-refractivity contribution in [1.82, 2.24) is 9.88 Å². The summed E-state index contributed by atoms with van der Waals surface area (Å²) in [5.74, 6) is -1.25. The molecular weight excluding hydrogens is 408 g/mol. The van der Waals surface area contributed by atoms with Gasteiger partial charge in [-0.05, 0) is 24.6 Å². The van der Waals surface area contributed by atoms with E-state index >= 15 is 0 Å². The van der Waals surface area contributed by atoms with Crippen molar-refractivity contribution in [1.29, 1.82) is 0 Å². The number of carbonyl (C=O) groups excluding carboxylic acids is 2. The SMILES string of the molecule is CCCCN1C(=O)C(=O)/C(=C(/O)c2cc(OC)c(Cl)cc2OC)C1c1ccccn1. The molecular formula is C22H23ClN2O5. The molecule has 0 bridgehead atoms. The van der Waals surface area contributed by atoms with E-state index in [2.05, 4.69) is 4.98 Å². The number of ketones is 1. The number of aromatic nitrogens is 1. The Balaban J connectivity index is 2.24. The first kappa shape index (κ1) is 21.6. The van der Waals surface area contributed by atoms with Gasteiger partial charge in [-0.1, -0.05) is 31.0 Å². The van der Waals surface area contributed by atoms with Crippen LogP contribution in [0.15, 0.2) is 42.1 Å². The number of benzene rings is 1. The maximum Gasteiger partial charge on any atom is 0.295 e. The quantitative estimate of drug-likeness (QED) is 0.406. The third kappa shape index (κ3) is 3.85. The van der Waals surface area contributed by atoms with Gasteiger partial charge in [0.05, 0.1) is 36.1 Å². The Morgan fingerprint density at radius 3 is 2.53 bits per heavy atom. The fourth-order valence-electron chi connectivity index (χ4n) is 3.47. The number of pyridine rings is 1. The lowest BCUT2D eigenvalue weighted by molar-refractivity contribution is -0.140. The Kier molecular flexibility index (Phi) is 6.62. The van der Waals surface area contributed by atoms with Crippen LogP contribution in [0.5, 0.6) is 11.5 Å². The van der Waals surface area contributed by atoms with Crippen LogP contribution in [0.4, 0.5) is 0 Å². The second kappa shape index (κ2) is 9.17. The summed E-state index contributed by atoms with van der Waals surface area (Å²) in [7, 11) is 2.86. The Morgan fingerprint density at radius 1 is 1.20 bits per heavy atom. The first-order valence-electron chi connectivity index (χ1n) is 9.55. The summed E-state index contributed by atoms with van der Waals surface area (Å²) >= 11 is 6.16. The van der Waals surface area contributed by atoms with Gasteiger partial charge in [-0.3, -0.25) is 14.6 Å². The highest BCUT2D eigenvalue weighted by molar-refractivity contribution is 6.46. The van der Waals surface area contributed by atoms with Crippen molar-refractivity contribution >= 4 is 29.1 Å². The molecule has 0 saturated carbocycles. The second-order valence-corrected chi connectivity index (χ2v) is 7.19. The van der Waals surface area contributed by atoms with Crippen LogP contribution in [0.25, 0.3) is 5.76 Å². The van der Waals surface area contributed by atoms with E-state index in [4.69, 9.17) is 21.1 Å². The number of nitrogens with zero attached hydrogens (tertiary/aromatic N) is 2. The zero-order valence-corrected chi connectivity index (χ0v) is 17.8. The van der Waals surface area contributed by atoms with E-state index < -0.39 is 17.7 Å². The summed E-state index contributed by atoms with van der Waals surface area (Å²) in [5, 5.41) is 11.5. The molecule has 1 aliphatic rings. The predicted octanol–water partition coefficient (Wildman–Crippen LogP) is 3.97. The molecule has 1 aliphatic heterocycles. The number of amides is 1. The number of ether oxygens (including phenoxy) is 2. The molecule has 3 rings (SSSR count). The summed E-state index contributed by atoms with van der Waals surface area (Å²) in [6.45, 7) is 2.37. The number of aliphatic hydroxyl groups excluding tert-OH is 1. The Labute approximate surface area is 179 Å². The molecule has 1 N–H and O–H groups in total. The van der Waals surface area contributed by atoms with Gasteiger partial charge in [0, 0.05) is 18.8 Å². The average Bonchev–Trinajstić information content (AvgIpc) is 3.02. The van der Waals surface area contributed by atoms with Gasteiger partial charge in [-0.15, -0.1) is 0 Å². The van der Waals surface area contributed by atoms with E-state index in [-0.39, 0.29) is 27.7 Å². The lowest BCUT2D eigenvalue weighted by Gasteiger charge is -2.24. The molecule has 1 aromatic carbocycles. The van der Waals surface area contributed by atoms with Crippen molar-refractivity contribution in [2.45, 2.75) is 25.8 Å². The maximum atomic E-state index is 13.0. The van der Waals surface area contributed by atoms with Crippen LogP contribution < -0.4 is 9.47 Å². The average molecular weight is 431 g/mol. The van der Waals surface area contributed by atoms with Crippen LogP contribution in [-0.4, -0.2) is 47.4 Å². The van der Waals surface area contributed by atoms with Crippen LogP contribution in [0.3, 0.4) is 0 Å². The van der Waals surface area contributed by atoms with Gasteiger partial charge in [0.25, 0.3) is 11.7 Å². The number of hydrogen-bond donors (Lipinski definition) is 1. The van der Waals surface area contributed by atoms with E-state index in [0.29, 0.717) is 24.4 Å². The van der Waals surface area contributed by atoms with Crippen molar-refractivity contribution in [2.75, 3.05) is 20.8 Å². The zero-order chi connectivity index (χ0) is 21.8. The number of rotatable bonds is 7. The van der Waals surface area contributed by atoms with Crippen LogP contribution in [-0.2, 0) is 9.59 Å². The second-order valence-electron chi connectivity index (χ2n) is 6.79. The lowest BCUT2D eigenvalue weighted by Crippen LogP contribution is -2.31. The number of halogens is 1. The highest BCUT2D eigenvalue weighted by Gasteiger charge is 2.46. The molecule has 1 aromatic heterocycles. The predicted molar refractivity (Wildman–Crippen MR) is 113 cm³/mol. The molecule has 1 fully saturated rings. The van der Waals surface area contributed by atoms with E-state index in [1.807, 2.05) is 6.92 Å². The highest BCUT2D eigenvalue weighted by Crippen LogP contribution is 2.42. The van der Waals surface area contributed by atoms with E-state index in [0.717, 1.165) is 6.42 Å². The van der Waals surface area contributed by atoms with Gasteiger partial charge < -0.3 is 19.5 Å². The minimum Gasteiger partial charge on any atom is -0.507 e. The largest absolute Gasteiger partial charge is 0.507 e. The topological polar surface area (TPSA) is 89.0 Å². The lowest BCUT2D eigenvalue weighted by atomic mass is 9.97. The van der Waals surface area contributed by atoms with Gasteiger partial charge in [-0.2, -0.15) is 0 Å². The van der Waals surface area contributed by atoms with Crippen molar-refractivity contribution in [3.05, 3.63) is 58.4 Å². The molecule has 0 spiro atoms. The van der Waals surface area contributed by atoms with Crippen LogP contribution in [0.2, 0.25) is 5.02 Å². The number of hydrogen-bond acceptors (Lipinski definition) is 6. The molecule has 158 valence electrons. The molecule has 1 saturated heterocycles. The smallest absolute Gasteiger partial charge is 0.295 e. The number of aliphatic hydroxyl groups is 1. The monoisotopic (exact) mass is 430 g/mol. The van der Waals surface area contributed by atoms with Gasteiger partial charge in [0.1, 0.15) is 23.3 Å². The van der Waals surface area contributed by atoms with Gasteiger partial charge >= 0.3 is 0 Å². The molecule has 0 aliphatic carbocycles. The fraction of sp³-hybridized carbons (Fsp3) is 0.318. The Bertz CT molecular complexity index is 991. The molecule has 7 nitrogen and oxygen atoms in total. The highest BCUT2D eigenvalue weighted by atomic mass is 35.5. The fourth-order valence-corrected chi connectivity index (χ4v) is 3.71. The van der Waals surface area contributed by atoms with Gasteiger partial charge in [-0.25, -0.2) is 0 Å². The number of unbranched alkanes of at least 4 members (excludes halogenated alkanes) is 1. The third-order valence-electron chi connectivity index (χ3n) is 4.99. The molecule has 2 aromatic rings. The van der Waals surface area contributed by atoms with Gasteiger partial charge in [0.2, 0.25) is 0 Å². The van der Waals surface area contributed by atoms with Crippen LogP contribution >= 0.6 is 11.6 Å². The summed E-state index contributed by atoms with van der Waals surface area (Å²) in [6, 6.07) is 7.40. The molecule has 1 unspecified atom stereocenters. The maximum absolute atomic E-state index is 13.0. The summed E-state index contributed by atoms with van der Waals surface area (Å²) in [6.07, 6.45) is 3.15. The standard InChI is InChI=1S/C22H23ClN2O5/c1-4-5-10-25-19(15-8-6-7-9-24-15)18(21(27)22(25)28)20(26)13-11-17(30-3)14(23)12-16(13)29-2/h6-9,11-12,19,26H,4-5,10H2,1-3H3/b20-18+. The first-order valence-corrected chi connectivity index (χ1v) is 9.93. The molecule has 30 heavy (non-hydrogen) atoms. The van der Waals surface area contributed by atoms with E-state index in [1.54, 1.807) is 24.4 Å². The third-order valence-corrected chi connectivity index (χ3v) is 5.28. The van der Waals surface area contributed by atoms with E-state index in [1.165, 1.54) is 31.3 Å². The molecule has 8 heteroatoms. The van der Waals surface area contributed by atoms with Crippen molar-refractivity contribution in [2.24, 2.45) is 0 Å². The minimum absolute atomic E-state index is 0.0440. The van der Waals surface area contributed by atoms with Gasteiger partial charge in [0.15, 0.2) is 0 Å². The molecule has 0 radical (unpaired) electrons. The normalized spacial score (nSPS) is 18.0. The van der Waals surface area contributed by atoms with Crippen LogP contribution in [0, 0.1) is 0 Å². The first-order chi connectivity index (χ1) is 14.4. The molecule has 1 amide bonds. The molecule has 2 heterocycles. The van der Waals surface area contributed by atoms with Crippen molar-refractivity contribution in [3.8, 4) is 11.5 Å². The minimum atomic E-state index is -0.802. The number of methoxy groups -OCH3 is 2. The number of likely N-dealkylation sites (tertiary alicyclic amines) is 1. The van der Waals surface area contributed by atoms with E-state index in [9.17, 15) is 14.7 Å². The zero-order valence-electron chi connectivity index (χ0n) is 17.0. The van der Waals surface area contributed by atoms with Crippen LogP contribution in [0.1, 0.15) is 37.1 Å². The Hall–Kier alpha value is -3.06. The molecule has 1 atom stereocenters. The number of carbonyl (C=O) groups is 2. The summed E-state index contributed by atoms with van der Waals surface area (Å²) < 4.78 is 10.6. The number of Topliss-reactive ketones (excluding diaryl/α,β-unsaturated/α-hetero) is 1. The summed E-state index contributed by atoms with van der Waals surface area (Å²) in [5.41, 5.74) is 0.653.